The molecule has 0 aromatic rings. The van der Waals surface area contributed by atoms with Crippen LogP contribution in [0.2, 0.25) is 0 Å². The van der Waals surface area contributed by atoms with Gasteiger partial charge >= 0.3 is 0 Å². The van der Waals surface area contributed by atoms with E-state index in [1.807, 2.05) is 62.3 Å². The fourth-order valence-electron chi connectivity index (χ4n) is 5.32. The Hall–Kier alpha value is -2.05. The number of carbonyl (C=O) groups is 5. The molecule has 0 radical (unpaired) electrons. The van der Waals surface area contributed by atoms with E-state index in [2.05, 4.69) is 10.6 Å². The van der Waals surface area contributed by atoms with E-state index in [0.29, 0.717) is 25.7 Å². The highest BCUT2D eigenvalue weighted by Gasteiger charge is 2.48. The molecule has 7 nitrogen and oxygen atoms in total. The van der Waals surface area contributed by atoms with E-state index in [1.54, 1.807) is 0 Å². The molecule has 2 N–H and O–H groups in total. The first-order valence-corrected chi connectivity index (χ1v) is 15.1. The van der Waals surface area contributed by atoms with Gasteiger partial charge in [0.05, 0.1) is 12.1 Å². The molecule has 224 valence electrons. The minimum absolute atomic E-state index is 0.00307. The van der Waals surface area contributed by atoms with Crippen LogP contribution in [0.5, 0.6) is 0 Å². The molecule has 0 aromatic carbocycles. The smallest absolute Gasteiger partial charge is 0.224 e. The van der Waals surface area contributed by atoms with Crippen LogP contribution in [0.15, 0.2) is 0 Å². The highest BCUT2D eigenvalue weighted by molar-refractivity contribution is 5.97. The molecule has 4 atom stereocenters. The Bertz CT molecular complexity index is 857. The van der Waals surface area contributed by atoms with Crippen LogP contribution in [-0.4, -0.2) is 41.2 Å². The SMILES string of the molecule is CC(=O)C[C@@H](CC(C)C)C(=O)N[C@@H](CC(C)C)C(=O)C[C@@H](CC(C)C)C(=O)N[C@@H](CC(C)C)C(=O)C1(C)CC1. The molecular formula is C32H56N2O5. The van der Waals surface area contributed by atoms with Crippen molar-refractivity contribution < 1.29 is 24.0 Å². The van der Waals surface area contributed by atoms with Crippen LogP contribution >= 0.6 is 0 Å². The summed E-state index contributed by atoms with van der Waals surface area (Å²) < 4.78 is 0. The van der Waals surface area contributed by atoms with E-state index >= 15 is 0 Å². The Kier molecular flexibility index (Phi) is 14.0. The van der Waals surface area contributed by atoms with Gasteiger partial charge in [0, 0.05) is 30.1 Å². The first-order valence-electron chi connectivity index (χ1n) is 15.1. The van der Waals surface area contributed by atoms with Crippen LogP contribution in [0, 0.1) is 40.9 Å². The second-order valence-electron chi connectivity index (χ2n) is 14.0. The summed E-state index contributed by atoms with van der Waals surface area (Å²) in [4.78, 5) is 65.3. The van der Waals surface area contributed by atoms with Crippen molar-refractivity contribution in [1.29, 1.82) is 0 Å². The Balaban J connectivity index is 3.10. The van der Waals surface area contributed by atoms with E-state index in [0.717, 1.165) is 12.8 Å². The number of hydrogen-bond donors (Lipinski definition) is 2. The lowest BCUT2D eigenvalue weighted by Crippen LogP contribution is -2.49. The largest absolute Gasteiger partial charge is 0.346 e. The number of rotatable bonds is 19. The maximum Gasteiger partial charge on any atom is 0.224 e. The lowest BCUT2D eigenvalue weighted by Gasteiger charge is -2.28. The number of hydrogen-bond acceptors (Lipinski definition) is 5. The normalized spacial score (nSPS) is 17.6. The molecule has 0 spiro atoms. The van der Waals surface area contributed by atoms with Crippen LogP contribution in [0.1, 0.15) is 121 Å². The van der Waals surface area contributed by atoms with Crippen molar-refractivity contribution in [3.05, 3.63) is 0 Å². The van der Waals surface area contributed by atoms with E-state index in [9.17, 15) is 24.0 Å². The third kappa shape index (κ3) is 12.8. The molecule has 39 heavy (non-hydrogen) atoms. The van der Waals surface area contributed by atoms with Gasteiger partial charge in [-0.05, 0) is 69.1 Å². The molecule has 1 fully saturated rings. The minimum atomic E-state index is -0.722. The fourth-order valence-corrected chi connectivity index (χ4v) is 5.32. The van der Waals surface area contributed by atoms with Crippen molar-refractivity contribution in [2.45, 2.75) is 133 Å². The van der Waals surface area contributed by atoms with Crippen molar-refractivity contribution >= 4 is 29.2 Å². The predicted octanol–water partition coefficient (Wildman–Crippen LogP) is 5.68. The van der Waals surface area contributed by atoms with Gasteiger partial charge in [0.25, 0.3) is 0 Å². The molecule has 0 aromatic heterocycles. The summed E-state index contributed by atoms with van der Waals surface area (Å²) in [6.07, 6.45) is 3.96. The van der Waals surface area contributed by atoms with Gasteiger partial charge in [-0.3, -0.25) is 19.2 Å². The van der Waals surface area contributed by atoms with Crippen LogP contribution in [0.25, 0.3) is 0 Å². The summed E-state index contributed by atoms with van der Waals surface area (Å²) in [5, 5.41) is 5.97. The predicted molar refractivity (Wildman–Crippen MR) is 156 cm³/mol. The summed E-state index contributed by atoms with van der Waals surface area (Å²) >= 11 is 0. The molecule has 0 unspecified atom stereocenters. The van der Waals surface area contributed by atoms with Gasteiger partial charge in [-0.25, -0.2) is 0 Å². The summed E-state index contributed by atoms with van der Waals surface area (Å²) in [7, 11) is 0. The Labute approximate surface area is 237 Å². The monoisotopic (exact) mass is 548 g/mol. The number of Topliss-reactive ketones (excluding diaryl/α,β-unsaturated/α-hetero) is 3. The van der Waals surface area contributed by atoms with Gasteiger partial charge in [0.15, 0.2) is 11.6 Å². The Morgan fingerprint density at radius 2 is 1.00 bits per heavy atom. The maximum atomic E-state index is 13.6. The molecule has 1 saturated carbocycles. The van der Waals surface area contributed by atoms with Crippen LogP contribution in [0.4, 0.5) is 0 Å². The van der Waals surface area contributed by atoms with Crippen molar-refractivity contribution in [2.24, 2.45) is 40.9 Å². The lowest BCUT2D eigenvalue weighted by atomic mass is 9.86. The zero-order valence-corrected chi connectivity index (χ0v) is 26.3. The Morgan fingerprint density at radius 1 is 0.615 bits per heavy atom. The molecule has 0 aliphatic heterocycles. The van der Waals surface area contributed by atoms with Crippen molar-refractivity contribution in [2.75, 3.05) is 0 Å². The van der Waals surface area contributed by atoms with Crippen molar-refractivity contribution in [3.8, 4) is 0 Å². The standard InChI is InChI=1S/C32H56N2O5/c1-19(2)13-24(17-23(9)35)30(38)33-26(15-21(5)6)28(36)18-25(14-20(3)4)31(39)34-27(16-22(7)8)29(37)32(10)11-12-32/h19-22,24-27H,11-18H2,1-10H3,(H,33,38)(H,34,39)/t24-,25-,26+,27+/m1/s1. The molecule has 0 saturated heterocycles. The van der Waals surface area contributed by atoms with E-state index in [-0.39, 0.29) is 71.1 Å². The topological polar surface area (TPSA) is 109 Å². The summed E-state index contributed by atoms with van der Waals surface area (Å²) in [6.45, 7) is 19.5. The zero-order chi connectivity index (χ0) is 30.1. The van der Waals surface area contributed by atoms with E-state index in [4.69, 9.17) is 0 Å². The third-order valence-corrected chi connectivity index (χ3v) is 7.58. The molecule has 1 rings (SSSR count). The molecule has 2 amide bonds. The maximum absolute atomic E-state index is 13.6. The number of nitrogens with one attached hydrogen (secondary N) is 2. The molecule has 1 aliphatic rings. The number of ketones is 3. The second-order valence-corrected chi connectivity index (χ2v) is 14.0. The van der Waals surface area contributed by atoms with Gasteiger partial charge in [0.2, 0.25) is 11.8 Å². The Morgan fingerprint density at radius 3 is 1.38 bits per heavy atom. The van der Waals surface area contributed by atoms with E-state index in [1.165, 1.54) is 6.92 Å². The molecule has 0 heterocycles. The van der Waals surface area contributed by atoms with Gasteiger partial charge in [0.1, 0.15) is 5.78 Å². The first kappa shape index (κ1) is 35.0. The summed E-state index contributed by atoms with van der Waals surface area (Å²) in [6, 6.07) is -1.27. The van der Waals surface area contributed by atoms with Crippen LogP contribution in [-0.2, 0) is 24.0 Å². The van der Waals surface area contributed by atoms with Gasteiger partial charge in [-0.15, -0.1) is 0 Å². The highest BCUT2D eigenvalue weighted by atomic mass is 16.2. The van der Waals surface area contributed by atoms with Gasteiger partial charge in [-0.1, -0.05) is 62.3 Å². The number of carbonyl (C=O) groups excluding carboxylic acids is 5. The van der Waals surface area contributed by atoms with Gasteiger partial charge in [-0.2, -0.15) is 0 Å². The van der Waals surface area contributed by atoms with Crippen LogP contribution < -0.4 is 10.6 Å². The van der Waals surface area contributed by atoms with Crippen molar-refractivity contribution in [1.82, 2.24) is 10.6 Å². The average molecular weight is 549 g/mol. The van der Waals surface area contributed by atoms with Crippen LogP contribution in [0.3, 0.4) is 0 Å². The lowest BCUT2D eigenvalue weighted by molar-refractivity contribution is -0.136. The average Bonchev–Trinajstić information content (AvgIpc) is 3.53. The summed E-state index contributed by atoms with van der Waals surface area (Å²) in [5.74, 6) is -0.930. The van der Waals surface area contributed by atoms with Gasteiger partial charge < -0.3 is 15.4 Å². The summed E-state index contributed by atoms with van der Waals surface area (Å²) in [5.41, 5.74) is -0.352. The third-order valence-electron chi connectivity index (χ3n) is 7.58. The minimum Gasteiger partial charge on any atom is -0.346 e. The quantitative estimate of drug-likeness (QED) is 0.216. The molecule has 0 bridgehead atoms. The number of amides is 2. The second kappa shape index (κ2) is 15.7. The molecule has 7 heteroatoms. The molecular weight excluding hydrogens is 492 g/mol. The van der Waals surface area contributed by atoms with E-state index < -0.39 is 23.9 Å². The fraction of sp³-hybridized carbons (Fsp3) is 0.844. The highest BCUT2D eigenvalue weighted by Crippen LogP contribution is 2.47. The molecule has 1 aliphatic carbocycles. The first-order chi connectivity index (χ1) is 17.9. The zero-order valence-electron chi connectivity index (χ0n) is 26.3. The van der Waals surface area contributed by atoms with Crippen molar-refractivity contribution in [3.63, 3.8) is 0 Å².